The zero-order valence-corrected chi connectivity index (χ0v) is 22.1. The zero-order chi connectivity index (χ0) is 27.9. The summed E-state index contributed by atoms with van der Waals surface area (Å²) in [6.45, 7) is 3.81. The van der Waals surface area contributed by atoms with Gasteiger partial charge in [-0.3, -0.25) is 9.59 Å². The van der Waals surface area contributed by atoms with Crippen molar-refractivity contribution in [2.24, 2.45) is 0 Å². The van der Waals surface area contributed by atoms with Crippen LogP contribution in [0.4, 0.5) is 11.4 Å². The second kappa shape index (κ2) is 12.3. The fraction of sp³-hybridized carbons (Fsp3) is 0.133. The van der Waals surface area contributed by atoms with Crippen molar-refractivity contribution in [1.82, 2.24) is 0 Å². The number of rotatable bonds is 9. The molecule has 0 heterocycles. The number of ether oxygens (including phenoxy) is 1. The fourth-order valence-electron chi connectivity index (χ4n) is 3.93. The number of aromatic carboxylic acids is 1. The molecule has 1 unspecified atom stereocenters. The molecule has 4 aromatic rings. The zero-order valence-electron chi connectivity index (χ0n) is 21.3. The molecule has 0 aromatic heterocycles. The molecule has 0 aliphatic rings. The topological polar surface area (TPSA) is 122 Å². The smallest absolute Gasteiger partial charge is 0.338 e. The third kappa shape index (κ3) is 6.63. The van der Waals surface area contributed by atoms with Gasteiger partial charge < -0.3 is 20.5 Å². The second-order valence-electron chi connectivity index (χ2n) is 8.54. The van der Waals surface area contributed by atoms with Crippen LogP contribution in [0.2, 0.25) is 0 Å². The minimum absolute atomic E-state index is 0.0622. The second-order valence-corrected chi connectivity index (χ2v) is 9.95. The van der Waals surface area contributed by atoms with E-state index in [4.69, 9.17) is 4.74 Å². The molecule has 0 bridgehead atoms. The summed E-state index contributed by atoms with van der Waals surface area (Å²) >= 11 is 1.35. The van der Waals surface area contributed by atoms with Crippen molar-refractivity contribution in [3.05, 3.63) is 102 Å². The van der Waals surface area contributed by atoms with Gasteiger partial charge in [0.15, 0.2) is 0 Å². The summed E-state index contributed by atoms with van der Waals surface area (Å²) in [5, 5.41) is 15.9. The Morgan fingerprint density at radius 3 is 2.03 bits per heavy atom. The van der Waals surface area contributed by atoms with E-state index in [0.29, 0.717) is 27.7 Å². The van der Waals surface area contributed by atoms with Crippen molar-refractivity contribution in [2.45, 2.75) is 24.0 Å². The lowest BCUT2D eigenvalue weighted by Gasteiger charge is -2.13. The average molecular weight is 543 g/mol. The van der Waals surface area contributed by atoms with Crippen LogP contribution in [-0.4, -0.2) is 40.7 Å². The van der Waals surface area contributed by atoms with E-state index in [0.717, 1.165) is 4.90 Å². The molecule has 9 heteroatoms. The lowest BCUT2D eigenvalue weighted by atomic mass is 9.98. The largest absolute Gasteiger partial charge is 0.478 e. The van der Waals surface area contributed by atoms with Gasteiger partial charge in [0.25, 0.3) is 5.91 Å². The van der Waals surface area contributed by atoms with Gasteiger partial charge in [0, 0.05) is 27.2 Å². The van der Waals surface area contributed by atoms with Crippen LogP contribution in [0, 0.1) is 0 Å². The number of carboxylic acid groups (broad SMARTS) is 1. The number of nitrogens with one attached hydrogen (secondary N) is 2. The van der Waals surface area contributed by atoms with Crippen LogP contribution in [0.3, 0.4) is 0 Å². The first-order valence-corrected chi connectivity index (χ1v) is 13.1. The minimum Gasteiger partial charge on any atom is -0.478 e. The molecular weight excluding hydrogens is 516 g/mol. The lowest BCUT2D eigenvalue weighted by Crippen LogP contribution is -2.22. The Bertz CT molecular complexity index is 1530. The lowest BCUT2D eigenvalue weighted by molar-refractivity contribution is -0.115. The molecule has 2 amide bonds. The Morgan fingerprint density at radius 2 is 1.41 bits per heavy atom. The Morgan fingerprint density at radius 1 is 0.821 bits per heavy atom. The van der Waals surface area contributed by atoms with Crippen LogP contribution in [0.1, 0.15) is 44.9 Å². The number of anilines is 2. The van der Waals surface area contributed by atoms with Crippen LogP contribution in [0.15, 0.2) is 89.8 Å². The summed E-state index contributed by atoms with van der Waals surface area (Å²) in [7, 11) is 0. The predicted octanol–water partition coefficient (Wildman–Crippen LogP) is 6.09. The first-order chi connectivity index (χ1) is 18.8. The summed E-state index contributed by atoms with van der Waals surface area (Å²) in [6.07, 6.45) is 0. The molecule has 0 saturated carbocycles. The third-order valence-electron chi connectivity index (χ3n) is 5.84. The molecule has 0 aliphatic heterocycles. The Kier molecular flexibility index (Phi) is 8.63. The molecule has 0 spiro atoms. The van der Waals surface area contributed by atoms with Gasteiger partial charge in [-0.15, -0.1) is 11.8 Å². The maximum Gasteiger partial charge on any atom is 0.338 e. The number of hydrogen-bond donors (Lipinski definition) is 3. The molecule has 0 saturated heterocycles. The van der Waals surface area contributed by atoms with Gasteiger partial charge in [-0.2, -0.15) is 0 Å². The first kappa shape index (κ1) is 27.4. The highest BCUT2D eigenvalue weighted by molar-refractivity contribution is 8.00. The van der Waals surface area contributed by atoms with E-state index in [1.165, 1.54) is 17.8 Å². The van der Waals surface area contributed by atoms with E-state index in [9.17, 15) is 24.3 Å². The molecule has 0 aliphatic carbocycles. The molecule has 39 heavy (non-hydrogen) atoms. The summed E-state index contributed by atoms with van der Waals surface area (Å²) < 4.78 is 4.96. The molecule has 3 N–H and O–H groups in total. The van der Waals surface area contributed by atoms with Gasteiger partial charge in [0.2, 0.25) is 5.91 Å². The molecule has 1 atom stereocenters. The Hall–Kier alpha value is -4.63. The number of carboxylic acids is 1. The van der Waals surface area contributed by atoms with Crippen molar-refractivity contribution in [2.75, 3.05) is 17.2 Å². The minimum atomic E-state index is -1.10. The number of carbonyl (C=O) groups is 4. The van der Waals surface area contributed by atoms with E-state index in [1.54, 1.807) is 92.7 Å². The first-order valence-electron chi connectivity index (χ1n) is 12.2. The molecular formula is C30H26N2O6S. The highest BCUT2D eigenvalue weighted by Crippen LogP contribution is 2.27. The van der Waals surface area contributed by atoms with Crippen LogP contribution in [0.5, 0.6) is 0 Å². The maximum atomic E-state index is 13.0. The number of fused-ring (bicyclic) bond motifs is 1. The Labute approximate surface area is 229 Å². The summed E-state index contributed by atoms with van der Waals surface area (Å²) in [6, 6.07) is 23.5. The summed E-state index contributed by atoms with van der Waals surface area (Å²) in [5.41, 5.74) is 1.84. The van der Waals surface area contributed by atoms with Gasteiger partial charge in [-0.1, -0.05) is 24.3 Å². The highest BCUT2D eigenvalue weighted by Gasteiger charge is 2.18. The molecule has 4 aromatic carbocycles. The van der Waals surface area contributed by atoms with Crippen molar-refractivity contribution in [3.63, 3.8) is 0 Å². The van der Waals surface area contributed by atoms with E-state index >= 15 is 0 Å². The summed E-state index contributed by atoms with van der Waals surface area (Å²) in [5.74, 6) is -2.14. The highest BCUT2D eigenvalue weighted by atomic mass is 32.2. The fourth-order valence-corrected chi connectivity index (χ4v) is 4.80. The normalized spacial score (nSPS) is 11.4. The average Bonchev–Trinajstić information content (AvgIpc) is 2.93. The van der Waals surface area contributed by atoms with Crippen molar-refractivity contribution < 1.29 is 29.0 Å². The SMILES string of the molecule is CCOC(=O)c1ccc(NC(=O)C(C)Sc2ccc(NC(=O)c3cccc4cccc(C(=O)O)c34)cc2)cc1. The van der Waals surface area contributed by atoms with Gasteiger partial charge in [0.1, 0.15) is 0 Å². The van der Waals surface area contributed by atoms with Crippen molar-refractivity contribution in [1.29, 1.82) is 0 Å². The third-order valence-corrected chi connectivity index (χ3v) is 6.95. The monoisotopic (exact) mass is 542 g/mol. The van der Waals surface area contributed by atoms with Crippen molar-refractivity contribution >= 4 is 57.7 Å². The van der Waals surface area contributed by atoms with Gasteiger partial charge in [-0.25, -0.2) is 9.59 Å². The number of benzene rings is 4. The molecule has 0 fully saturated rings. The van der Waals surface area contributed by atoms with E-state index in [-0.39, 0.29) is 23.6 Å². The number of hydrogen-bond acceptors (Lipinski definition) is 6. The van der Waals surface area contributed by atoms with E-state index in [1.807, 2.05) is 0 Å². The standard InChI is InChI=1S/C30H26N2O6S/c1-3-38-30(37)20-10-12-21(13-11-20)31-27(33)18(2)39-23-16-14-22(15-17-23)32-28(34)24-8-4-6-19-7-5-9-25(26(19)24)29(35)36/h4-18H,3H2,1-2H3,(H,31,33)(H,32,34)(H,35,36). The maximum absolute atomic E-state index is 13.0. The van der Waals surface area contributed by atoms with Crippen LogP contribution in [-0.2, 0) is 9.53 Å². The number of thioether (sulfide) groups is 1. The van der Waals surface area contributed by atoms with E-state index in [2.05, 4.69) is 10.6 Å². The Balaban J connectivity index is 1.38. The van der Waals surface area contributed by atoms with Gasteiger partial charge >= 0.3 is 11.9 Å². The predicted molar refractivity (Wildman–Crippen MR) is 152 cm³/mol. The number of carbonyl (C=O) groups excluding carboxylic acids is 3. The molecule has 8 nitrogen and oxygen atoms in total. The summed E-state index contributed by atoms with van der Waals surface area (Å²) in [4.78, 5) is 50.0. The van der Waals surface area contributed by atoms with E-state index < -0.39 is 23.1 Å². The van der Waals surface area contributed by atoms with Crippen molar-refractivity contribution in [3.8, 4) is 0 Å². The molecule has 4 rings (SSSR count). The van der Waals surface area contributed by atoms with Gasteiger partial charge in [0.05, 0.1) is 23.0 Å². The molecule has 198 valence electrons. The number of amides is 2. The van der Waals surface area contributed by atoms with Crippen LogP contribution >= 0.6 is 11.8 Å². The quantitative estimate of drug-likeness (QED) is 0.173. The van der Waals surface area contributed by atoms with Crippen LogP contribution in [0.25, 0.3) is 10.8 Å². The van der Waals surface area contributed by atoms with Crippen LogP contribution < -0.4 is 10.6 Å². The van der Waals surface area contributed by atoms with Gasteiger partial charge in [-0.05, 0) is 79.9 Å². The number of esters is 1. The molecule has 0 radical (unpaired) electrons.